The van der Waals surface area contributed by atoms with E-state index in [-0.39, 0.29) is 17.2 Å². The summed E-state index contributed by atoms with van der Waals surface area (Å²) in [5.74, 6) is -0.364. The molecule has 4 rings (SSSR count). The van der Waals surface area contributed by atoms with E-state index >= 15 is 0 Å². The standard InChI is InChI=1S/C25H29N3O3/c1-26-27-19(13-16-28-14-7-8-15-28)17-21(18-9-3-2-4-10-18)23-24(29)20-11-5-6-12-22(20)31-25(23)30/h2-6,9-12,21,26,29H,7-8,13-17H2,1H3/b27-19-/t21-/m1/s1. The largest absolute Gasteiger partial charge is 0.507 e. The van der Waals surface area contributed by atoms with Crippen LogP contribution in [0.2, 0.25) is 0 Å². The number of aromatic hydroxyl groups is 1. The number of hydrogen-bond donors (Lipinski definition) is 2. The van der Waals surface area contributed by atoms with E-state index in [1.807, 2.05) is 36.4 Å². The van der Waals surface area contributed by atoms with Crippen LogP contribution in [0, 0.1) is 0 Å². The molecule has 162 valence electrons. The molecular formula is C25H29N3O3. The Labute approximate surface area is 182 Å². The smallest absolute Gasteiger partial charge is 0.343 e. The zero-order valence-corrected chi connectivity index (χ0v) is 17.9. The Hall–Kier alpha value is -3.12. The average molecular weight is 420 g/mol. The van der Waals surface area contributed by atoms with Crippen LogP contribution in [-0.4, -0.2) is 42.4 Å². The molecule has 3 aromatic rings. The van der Waals surface area contributed by atoms with Gasteiger partial charge in [-0.15, -0.1) is 0 Å². The third-order valence-corrected chi connectivity index (χ3v) is 6.00. The fourth-order valence-electron chi connectivity index (χ4n) is 4.42. The molecule has 31 heavy (non-hydrogen) atoms. The Morgan fingerprint density at radius 1 is 1.13 bits per heavy atom. The highest BCUT2D eigenvalue weighted by Gasteiger charge is 2.26. The number of nitrogens with zero attached hydrogens (tertiary/aromatic N) is 2. The zero-order valence-electron chi connectivity index (χ0n) is 17.9. The van der Waals surface area contributed by atoms with Crippen LogP contribution in [0.5, 0.6) is 5.75 Å². The maximum Gasteiger partial charge on any atom is 0.343 e. The molecule has 0 saturated carbocycles. The van der Waals surface area contributed by atoms with Gasteiger partial charge in [0.25, 0.3) is 0 Å². The zero-order chi connectivity index (χ0) is 21.6. The van der Waals surface area contributed by atoms with Gasteiger partial charge in [0.1, 0.15) is 11.3 Å². The van der Waals surface area contributed by atoms with Crippen molar-refractivity contribution in [2.45, 2.75) is 31.6 Å². The van der Waals surface area contributed by atoms with Crippen molar-refractivity contribution in [3.8, 4) is 5.75 Å². The second-order valence-electron chi connectivity index (χ2n) is 8.02. The first-order chi connectivity index (χ1) is 15.2. The van der Waals surface area contributed by atoms with E-state index < -0.39 is 5.63 Å². The van der Waals surface area contributed by atoms with Gasteiger partial charge >= 0.3 is 5.63 Å². The maximum absolute atomic E-state index is 13.0. The van der Waals surface area contributed by atoms with Gasteiger partial charge in [0.2, 0.25) is 0 Å². The normalized spacial score (nSPS) is 16.0. The Kier molecular flexibility index (Phi) is 6.67. The third-order valence-electron chi connectivity index (χ3n) is 6.00. The molecule has 1 fully saturated rings. The molecule has 0 amide bonds. The van der Waals surface area contributed by atoms with Crippen LogP contribution in [0.1, 0.15) is 42.7 Å². The van der Waals surface area contributed by atoms with E-state index in [2.05, 4.69) is 15.4 Å². The van der Waals surface area contributed by atoms with E-state index in [1.165, 1.54) is 12.8 Å². The van der Waals surface area contributed by atoms with E-state index in [1.54, 1.807) is 25.2 Å². The monoisotopic (exact) mass is 419 g/mol. The summed E-state index contributed by atoms with van der Waals surface area (Å²) in [7, 11) is 1.79. The molecule has 0 radical (unpaired) electrons. The molecule has 1 aliphatic heterocycles. The van der Waals surface area contributed by atoms with Crippen molar-refractivity contribution >= 4 is 16.7 Å². The number of benzene rings is 2. The molecule has 1 atom stereocenters. The van der Waals surface area contributed by atoms with Crippen molar-refractivity contribution in [3.63, 3.8) is 0 Å². The molecule has 0 aliphatic carbocycles. The van der Waals surface area contributed by atoms with Gasteiger partial charge < -0.3 is 19.8 Å². The Bertz CT molecular complexity index is 1100. The van der Waals surface area contributed by atoms with Gasteiger partial charge in [-0.3, -0.25) is 0 Å². The Morgan fingerprint density at radius 3 is 2.58 bits per heavy atom. The van der Waals surface area contributed by atoms with Crippen molar-refractivity contribution in [2.24, 2.45) is 5.10 Å². The molecule has 6 nitrogen and oxygen atoms in total. The van der Waals surface area contributed by atoms with Gasteiger partial charge in [0.15, 0.2) is 0 Å². The van der Waals surface area contributed by atoms with Crippen LogP contribution in [0.25, 0.3) is 11.0 Å². The van der Waals surface area contributed by atoms with Gasteiger partial charge in [0, 0.05) is 31.6 Å². The van der Waals surface area contributed by atoms with Crippen LogP contribution in [0.4, 0.5) is 0 Å². The molecule has 1 aromatic heterocycles. The highest BCUT2D eigenvalue weighted by Crippen LogP contribution is 2.36. The molecule has 1 saturated heterocycles. The predicted molar refractivity (Wildman–Crippen MR) is 124 cm³/mol. The second-order valence-corrected chi connectivity index (χ2v) is 8.02. The van der Waals surface area contributed by atoms with Crippen molar-refractivity contribution in [1.29, 1.82) is 0 Å². The first-order valence-corrected chi connectivity index (χ1v) is 10.9. The molecule has 2 heterocycles. The molecule has 0 bridgehead atoms. The predicted octanol–water partition coefficient (Wildman–Crippen LogP) is 4.08. The first-order valence-electron chi connectivity index (χ1n) is 10.9. The number of hydrazone groups is 1. The number of likely N-dealkylation sites (tertiary alicyclic amines) is 1. The topological polar surface area (TPSA) is 78.1 Å². The van der Waals surface area contributed by atoms with Gasteiger partial charge in [-0.1, -0.05) is 42.5 Å². The van der Waals surface area contributed by atoms with E-state index in [9.17, 15) is 9.90 Å². The molecule has 1 aliphatic rings. The summed E-state index contributed by atoms with van der Waals surface area (Å²) in [5, 5.41) is 16.2. The summed E-state index contributed by atoms with van der Waals surface area (Å²) in [5.41, 5.74) is 5.00. The van der Waals surface area contributed by atoms with Crippen molar-refractivity contribution < 1.29 is 9.52 Å². The van der Waals surface area contributed by atoms with Crippen molar-refractivity contribution in [3.05, 3.63) is 76.1 Å². The van der Waals surface area contributed by atoms with Gasteiger partial charge in [-0.05, 0) is 50.0 Å². The van der Waals surface area contributed by atoms with Crippen LogP contribution in [0.3, 0.4) is 0 Å². The summed E-state index contributed by atoms with van der Waals surface area (Å²) in [6.45, 7) is 3.20. The van der Waals surface area contributed by atoms with E-state index in [4.69, 9.17) is 4.42 Å². The van der Waals surface area contributed by atoms with Crippen LogP contribution in [-0.2, 0) is 0 Å². The van der Waals surface area contributed by atoms with Gasteiger partial charge in [0.05, 0.1) is 10.9 Å². The number of nitrogens with one attached hydrogen (secondary N) is 1. The molecule has 0 unspecified atom stereocenters. The minimum atomic E-state index is -0.506. The minimum absolute atomic E-state index is 0.0101. The summed E-state index contributed by atoms with van der Waals surface area (Å²) < 4.78 is 5.58. The van der Waals surface area contributed by atoms with Gasteiger partial charge in [-0.2, -0.15) is 5.10 Å². The summed E-state index contributed by atoms with van der Waals surface area (Å²) in [6.07, 6.45) is 3.83. The fraction of sp³-hybridized carbons (Fsp3) is 0.360. The lowest BCUT2D eigenvalue weighted by Gasteiger charge is -2.21. The second kappa shape index (κ2) is 9.79. The number of fused-ring (bicyclic) bond motifs is 1. The molecule has 0 spiro atoms. The fourth-order valence-corrected chi connectivity index (χ4v) is 4.42. The van der Waals surface area contributed by atoms with E-state index in [0.29, 0.717) is 17.4 Å². The quantitative estimate of drug-likeness (QED) is 0.327. The van der Waals surface area contributed by atoms with Crippen molar-refractivity contribution in [1.82, 2.24) is 10.3 Å². The lowest BCUT2D eigenvalue weighted by Crippen LogP contribution is -2.25. The summed E-state index contributed by atoms with van der Waals surface area (Å²) in [6, 6.07) is 16.9. The van der Waals surface area contributed by atoms with Crippen LogP contribution < -0.4 is 11.1 Å². The first kappa shape index (κ1) is 21.1. The van der Waals surface area contributed by atoms with Crippen LogP contribution in [0.15, 0.2) is 68.9 Å². The molecule has 6 heteroatoms. The molecular weight excluding hydrogens is 390 g/mol. The lowest BCUT2D eigenvalue weighted by atomic mass is 9.86. The summed E-state index contributed by atoms with van der Waals surface area (Å²) >= 11 is 0. The average Bonchev–Trinajstić information content (AvgIpc) is 3.31. The van der Waals surface area contributed by atoms with Crippen LogP contribution >= 0.6 is 0 Å². The molecule has 2 N–H and O–H groups in total. The van der Waals surface area contributed by atoms with E-state index in [0.717, 1.165) is 37.3 Å². The third kappa shape index (κ3) is 4.80. The highest BCUT2D eigenvalue weighted by molar-refractivity contribution is 5.87. The van der Waals surface area contributed by atoms with Gasteiger partial charge in [-0.25, -0.2) is 4.79 Å². The number of para-hydroxylation sites is 1. The highest BCUT2D eigenvalue weighted by atomic mass is 16.4. The number of rotatable bonds is 8. The molecule has 2 aromatic carbocycles. The number of hydrogen-bond acceptors (Lipinski definition) is 6. The minimum Gasteiger partial charge on any atom is -0.507 e. The SMILES string of the molecule is CN/N=C(/CCN1CCCC1)C[C@H](c1ccccc1)c1c(O)c2ccccc2oc1=O. The Balaban J connectivity index is 1.72. The maximum atomic E-state index is 13.0. The lowest BCUT2D eigenvalue weighted by molar-refractivity contribution is 0.348. The summed E-state index contributed by atoms with van der Waals surface area (Å²) in [4.78, 5) is 15.4. The van der Waals surface area contributed by atoms with Crippen molar-refractivity contribution in [2.75, 3.05) is 26.7 Å². The Morgan fingerprint density at radius 2 is 1.84 bits per heavy atom.